The summed E-state index contributed by atoms with van der Waals surface area (Å²) in [4.78, 5) is 15.2. The van der Waals surface area contributed by atoms with Crippen LogP contribution in [0.2, 0.25) is 0 Å². The Kier molecular flexibility index (Phi) is 4.47. The number of carbonyl (C=O) groups excluding carboxylic acids is 1. The number of aryl methyl sites for hydroxylation is 2. The number of hydrogen-bond acceptors (Lipinski definition) is 2. The van der Waals surface area contributed by atoms with E-state index in [2.05, 4.69) is 36.8 Å². The Morgan fingerprint density at radius 1 is 1.26 bits per heavy atom. The molecule has 0 aliphatic rings. The van der Waals surface area contributed by atoms with Gasteiger partial charge in [0.25, 0.3) is 0 Å². The number of aromatic amines is 1. The Labute approximate surface area is 128 Å². The van der Waals surface area contributed by atoms with Crippen molar-refractivity contribution < 1.29 is 9.53 Å². The van der Waals surface area contributed by atoms with Crippen molar-refractivity contribution in [3.05, 3.63) is 50.2 Å². The van der Waals surface area contributed by atoms with E-state index in [4.69, 9.17) is 4.74 Å². The molecule has 2 rings (SSSR count). The quantitative estimate of drug-likeness (QED) is 0.790. The van der Waals surface area contributed by atoms with E-state index in [0.717, 1.165) is 20.3 Å². The van der Waals surface area contributed by atoms with Crippen LogP contribution in [-0.4, -0.2) is 17.4 Å². The minimum absolute atomic E-state index is 0.0132. The molecule has 19 heavy (non-hydrogen) atoms. The van der Waals surface area contributed by atoms with E-state index in [-0.39, 0.29) is 12.4 Å². The molecule has 1 N–H and O–H groups in total. The number of carbonyl (C=O) groups is 1. The molecule has 0 aliphatic heterocycles. The van der Waals surface area contributed by atoms with Gasteiger partial charge in [-0.15, -0.1) is 0 Å². The molecule has 0 saturated carbocycles. The van der Waals surface area contributed by atoms with Crippen LogP contribution in [0.15, 0.2) is 33.2 Å². The van der Waals surface area contributed by atoms with Gasteiger partial charge >= 0.3 is 0 Å². The average Bonchev–Trinajstić information content (AvgIpc) is 2.67. The molecular weight excluding hydrogens is 374 g/mol. The number of H-pyrrole nitrogens is 1. The first-order chi connectivity index (χ1) is 8.99. The lowest BCUT2D eigenvalue weighted by molar-refractivity contribution is 0.0920. The van der Waals surface area contributed by atoms with Gasteiger partial charge in [-0.2, -0.15) is 0 Å². The fourth-order valence-corrected chi connectivity index (χ4v) is 3.08. The summed E-state index contributed by atoms with van der Waals surface area (Å²) in [6.45, 7) is 3.82. The van der Waals surface area contributed by atoms with Crippen LogP contribution in [0.1, 0.15) is 21.7 Å². The first-order valence-electron chi connectivity index (χ1n) is 5.75. The van der Waals surface area contributed by atoms with Gasteiger partial charge in [0.1, 0.15) is 5.75 Å². The lowest BCUT2D eigenvalue weighted by Crippen LogP contribution is -2.12. The number of halogens is 2. The van der Waals surface area contributed by atoms with Gasteiger partial charge in [0.05, 0.1) is 8.95 Å². The first kappa shape index (κ1) is 14.3. The predicted octanol–water partition coefficient (Wildman–Crippen LogP) is 4.42. The molecule has 100 valence electrons. The number of aromatic nitrogens is 1. The Balaban J connectivity index is 2.11. The average molecular weight is 387 g/mol. The number of Topliss-reactive ketones (excluding diaryl/α,β-unsaturated/α-hetero) is 1. The van der Waals surface area contributed by atoms with Crippen molar-refractivity contribution in [3.8, 4) is 5.75 Å². The molecule has 0 radical (unpaired) electrons. The van der Waals surface area contributed by atoms with Gasteiger partial charge < -0.3 is 9.72 Å². The third-order valence-corrected chi connectivity index (χ3v) is 3.97. The molecule has 3 nitrogen and oxygen atoms in total. The molecule has 0 fully saturated rings. The van der Waals surface area contributed by atoms with Gasteiger partial charge in [0.15, 0.2) is 6.61 Å². The summed E-state index contributed by atoms with van der Waals surface area (Å²) in [7, 11) is 0. The van der Waals surface area contributed by atoms with Crippen LogP contribution in [-0.2, 0) is 0 Å². The Morgan fingerprint density at radius 3 is 2.42 bits per heavy atom. The van der Waals surface area contributed by atoms with E-state index < -0.39 is 0 Å². The van der Waals surface area contributed by atoms with E-state index in [1.54, 1.807) is 0 Å². The highest BCUT2D eigenvalue weighted by Crippen LogP contribution is 2.33. The Hall–Kier alpha value is -1.07. The van der Waals surface area contributed by atoms with Crippen molar-refractivity contribution in [1.29, 1.82) is 0 Å². The van der Waals surface area contributed by atoms with E-state index in [9.17, 15) is 4.79 Å². The van der Waals surface area contributed by atoms with Crippen LogP contribution < -0.4 is 4.74 Å². The van der Waals surface area contributed by atoms with Crippen molar-refractivity contribution in [1.82, 2.24) is 4.98 Å². The fourth-order valence-electron chi connectivity index (χ4n) is 1.85. The van der Waals surface area contributed by atoms with Gasteiger partial charge in [-0.1, -0.05) is 6.07 Å². The number of ether oxygens (including phenoxy) is 1. The lowest BCUT2D eigenvalue weighted by Gasteiger charge is -2.09. The minimum atomic E-state index is -0.0375. The van der Waals surface area contributed by atoms with E-state index >= 15 is 0 Å². The van der Waals surface area contributed by atoms with E-state index in [0.29, 0.717) is 11.3 Å². The molecule has 0 unspecified atom stereocenters. The summed E-state index contributed by atoms with van der Waals surface area (Å²) >= 11 is 6.80. The predicted molar refractivity (Wildman–Crippen MR) is 81.9 cm³/mol. The molecule has 1 aromatic carbocycles. The number of hydrogen-bond donors (Lipinski definition) is 1. The topological polar surface area (TPSA) is 42.1 Å². The summed E-state index contributed by atoms with van der Waals surface area (Å²) in [6, 6.07) is 7.48. The normalized spacial score (nSPS) is 10.5. The zero-order valence-corrected chi connectivity index (χ0v) is 13.8. The summed E-state index contributed by atoms with van der Waals surface area (Å²) in [5, 5.41) is 0. The maximum atomic E-state index is 12.1. The second-order valence-corrected chi connectivity index (χ2v) is 5.96. The summed E-state index contributed by atoms with van der Waals surface area (Å²) in [6.07, 6.45) is 0. The van der Waals surface area contributed by atoms with Crippen molar-refractivity contribution in [2.45, 2.75) is 13.8 Å². The second kappa shape index (κ2) is 5.92. The summed E-state index contributed by atoms with van der Waals surface area (Å²) in [5.74, 6) is 0.602. The van der Waals surface area contributed by atoms with Gasteiger partial charge in [-0.05, 0) is 63.9 Å². The monoisotopic (exact) mass is 385 g/mol. The maximum Gasteiger partial charge on any atom is 0.202 e. The van der Waals surface area contributed by atoms with Gasteiger partial charge in [-0.3, -0.25) is 4.79 Å². The first-order valence-corrected chi connectivity index (χ1v) is 7.34. The Bertz CT molecular complexity index is 600. The Morgan fingerprint density at radius 2 is 1.89 bits per heavy atom. The molecule has 2 aromatic rings. The molecule has 5 heteroatoms. The fraction of sp³-hybridized carbons (Fsp3) is 0.214. The maximum absolute atomic E-state index is 12.1. The van der Waals surface area contributed by atoms with Crippen LogP contribution in [0.25, 0.3) is 0 Å². The zero-order chi connectivity index (χ0) is 14.0. The standard InChI is InChI=1S/C14H13Br2NO2/c1-8-6-10(9(2)17-8)13(18)7-19-14-11(15)4-3-5-12(14)16/h3-6,17H,7H2,1-2H3. The molecule has 0 bridgehead atoms. The van der Waals surface area contributed by atoms with Crippen molar-refractivity contribution >= 4 is 37.6 Å². The highest BCUT2D eigenvalue weighted by molar-refractivity contribution is 9.11. The smallest absolute Gasteiger partial charge is 0.202 e. The SMILES string of the molecule is Cc1cc(C(=O)COc2c(Br)cccc2Br)c(C)[nH]1. The number of ketones is 1. The molecule has 1 aromatic heterocycles. The molecular formula is C14H13Br2NO2. The van der Waals surface area contributed by atoms with Crippen LogP contribution in [0.5, 0.6) is 5.75 Å². The number of benzene rings is 1. The van der Waals surface area contributed by atoms with Gasteiger partial charge in [-0.25, -0.2) is 0 Å². The largest absolute Gasteiger partial charge is 0.483 e. The van der Waals surface area contributed by atoms with E-state index in [1.165, 1.54) is 0 Å². The van der Waals surface area contributed by atoms with E-state index in [1.807, 2.05) is 38.1 Å². The molecule has 0 spiro atoms. The number of para-hydroxylation sites is 1. The molecule has 0 aliphatic carbocycles. The number of nitrogens with one attached hydrogen (secondary N) is 1. The third-order valence-electron chi connectivity index (χ3n) is 2.72. The molecule has 0 amide bonds. The second-order valence-electron chi connectivity index (χ2n) is 4.25. The molecule has 0 saturated heterocycles. The van der Waals surface area contributed by atoms with Gasteiger partial charge in [0, 0.05) is 17.0 Å². The third kappa shape index (κ3) is 3.28. The van der Waals surface area contributed by atoms with Crippen molar-refractivity contribution in [2.24, 2.45) is 0 Å². The lowest BCUT2D eigenvalue weighted by atomic mass is 10.1. The van der Waals surface area contributed by atoms with Crippen LogP contribution >= 0.6 is 31.9 Å². The molecule has 0 atom stereocenters. The van der Waals surface area contributed by atoms with Crippen molar-refractivity contribution in [3.63, 3.8) is 0 Å². The van der Waals surface area contributed by atoms with Crippen molar-refractivity contribution in [2.75, 3.05) is 6.61 Å². The van der Waals surface area contributed by atoms with Crippen LogP contribution in [0, 0.1) is 13.8 Å². The molecule has 1 heterocycles. The van der Waals surface area contributed by atoms with Crippen LogP contribution in [0.4, 0.5) is 0 Å². The highest BCUT2D eigenvalue weighted by Gasteiger charge is 2.14. The zero-order valence-electron chi connectivity index (χ0n) is 10.6. The summed E-state index contributed by atoms with van der Waals surface area (Å²) in [5.41, 5.74) is 2.53. The summed E-state index contributed by atoms with van der Waals surface area (Å²) < 4.78 is 7.22. The highest BCUT2D eigenvalue weighted by atomic mass is 79.9. The number of rotatable bonds is 4. The minimum Gasteiger partial charge on any atom is -0.483 e. The van der Waals surface area contributed by atoms with Crippen LogP contribution in [0.3, 0.4) is 0 Å². The van der Waals surface area contributed by atoms with Gasteiger partial charge in [0.2, 0.25) is 5.78 Å².